The molecule has 104 valence electrons. The summed E-state index contributed by atoms with van der Waals surface area (Å²) in [5.41, 5.74) is 5.10. The summed E-state index contributed by atoms with van der Waals surface area (Å²) in [6.45, 7) is 3.72. The molecule has 1 saturated heterocycles. The summed E-state index contributed by atoms with van der Waals surface area (Å²) in [5, 5.41) is 0. The Morgan fingerprint density at radius 1 is 1.32 bits per heavy atom. The van der Waals surface area contributed by atoms with E-state index in [1.165, 1.54) is 12.0 Å². The molecule has 0 amide bonds. The van der Waals surface area contributed by atoms with Crippen LogP contribution in [0.15, 0.2) is 18.2 Å². The zero-order valence-corrected chi connectivity index (χ0v) is 11.4. The molecule has 0 saturated carbocycles. The number of benzene rings is 1. The maximum Gasteiger partial charge on any atom is 0.127 e. The number of hydrogen-bond donors (Lipinski definition) is 2. The van der Waals surface area contributed by atoms with Crippen molar-refractivity contribution in [2.24, 2.45) is 5.84 Å². The fourth-order valence-corrected chi connectivity index (χ4v) is 3.25. The van der Waals surface area contributed by atoms with Crippen LogP contribution in [0.4, 0.5) is 0 Å². The number of fused-ring (bicyclic) bond motifs is 1. The van der Waals surface area contributed by atoms with Crippen LogP contribution in [-0.4, -0.2) is 18.8 Å². The van der Waals surface area contributed by atoms with Crippen molar-refractivity contribution in [3.8, 4) is 5.75 Å². The van der Waals surface area contributed by atoms with Gasteiger partial charge in [-0.3, -0.25) is 5.84 Å². The third kappa shape index (κ3) is 2.24. The van der Waals surface area contributed by atoms with E-state index in [4.69, 9.17) is 15.3 Å². The van der Waals surface area contributed by atoms with Crippen LogP contribution in [0.1, 0.15) is 43.4 Å². The van der Waals surface area contributed by atoms with E-state index in [1.807, 2.05) is 0 Å². The van der Waals surface area contributed by atoms with Gasteiger partial charge >= 0.3 is 0 Å². The Bertz CT molecular complexity index is 455. The van der Waals surface area contributed by atoms with E-state index in [2.05, 4.69) is 30.5 Å². The van der Waals surface area contributed by atoms with Crippen molar-refractivity contribution in [1.29, 1.82) is 0 Å². The SMILES string of the molecule is CC1(C(NN)c2cccc3c2OCC3)CCCCO1. The minimum atomic E-state index is -0.256. The fraction of sp³-hybridized carbons (Fsp3) is 0.600. The minimum Gasteiger partial charge on any atom is -0.493 e. The highest BCUT2D eigenvalue weighted by Gasteiger charge is 2.39. The van der Waals surface area contributed by atoms with Gasteiger partial charge in [0.25, 0.3) is 0 Å². The first-order valence-electron chi connectivity index (χ1n) is 7.09. The Labute approximate surface area is 114 Å². The van der Waals surface area contributed by atoms with Gasteiger partial charge in [0, 0.05) is 18.6 Å². The third-order valence-corrected chi connectivity index (χ3v) is 4.33. The van der Waals surface area contributed by atoms with Gasteiger partial charge in [0.2, 0.25) is 0 Å². The molecule has 2 aliphatic rings. The lowest BCUT2D eigenvalue weighted by Crippen LogP contribution is -2.48. The number of hydrogen-bond acceptors (Lipinski definition) is 4. The Kier molecular flexibility index (Phi) is 3.48. The number of ether oxygens (including phenoxy) is 2. The molecular formula is C15H22N2O2. The summed E-state index contributed by atoms with van der Waals surface area (Å²) in [5.74, 6) is 6.83. The normalized spacial score (nSPS) is 27.7. The topological polar surface area (TPSA) is 56.5 Å². The number of para-hydroxylation sites is 1. The van der Waals surface area contributed by atoms with Gasteiger partial charge in [-0.25, -0.2) is 5.43 Å². The largest absolute Gasteiger partial charge is 0.493 e. The summed E-state index contributed by atoms with van der Waals surface area (Å²) < 4.78 is 11.8. The molecule has 2 heterocycles. The molecule has 0 aromatic heterocycles. The standard InChI is InChI=1S/C15H22N2O2/c1-15(8-2-3-9-19-15)14(17-16)12-6-4-5-11-7-10-18-13(11)12/h4-6,14,17H,2-3,7-10,16H2,1H3. The molecule has 19 heavy (non-hydrogen) atoms. The van der Waals surface area contributed by atoms with Gasteiger partial charge in [-0.2, -0.15) is 0 Å². The molecule has 2 unspecified atom stereocenters. The van der Waals surface area contributed by atoms with E-state index in [1.54, 1.807) is 0 Å². The summed E-state index contributed by atoms with van der Waals surface area (Å²) >= 11 is 0. The molecule has 1 aromatic rings. The average molecular weight is 262 g/mol. The van der Waals surface area contributed by atoms with Gasteiger partial charge in [-0.05, 0) is 31.7 Å². The first-order chi connectivity index (χ1) is 9.24. The molecule has 4 heteroatoms. The molecule has 0 aliphatic carbocycles. The van der Waals surface area contributed by atoms with Crippen molar-refractivity contribution >= 4 is 0 Å². The van der Waals surface area contributed by atoms with Crippen molar-refractivity contribution in [3.63, 3.8) is 0 Å². The Morgan fingerprint density at radius 2 is 2.21 bits per heavy atom. The minimum absolute atomic E-state index is 0.0270. The van der Waals surface area contributed by atoms with Crippen LogP contribution in [0.25, 0.3) is 0 Å². The second-order valence-electron chi connectivity index (χ2n) is 5.65. The lowest BCUT2D eigenvalue weighted by Gasteiger charge is -2.40. The Morgan fingerprint density at radius 3 is 2.95 bits per heavy atom. The first-order valence-corrected chi connectivity index (χ1v) is 7.09. The Balaban J connectivity index is 1.96. The van der Waals surface area contributed by atoms with Gasteiger partial charge in [0.15, 0.2) is 0 Å². The van der Waals surface area contributed by atoms with Crippen LogP contribution in [0.3, 0.4) is 0 Å². The van der Waals surface area contributed by atoms with Crippen molar-refractivity contribution in [3.05, 3.63) is 29.3 Å². The predicted octanol–water partition coefficient (Wildman–Crippen LogP) is 2.09. The van der Waals surface area contributed by atoms with Crippen LogP contribution in [0.5, 0.6) is 5.75 Å². The van der Waals surface area contributed by atoms with Gasteiger partial charge in [-0.15, -0.1) is 0 Å². The number of nitrogens with two attached hydrogens (primary N) is 1. The highest BCUT2D eigenvalue weighted by molar-refractivity contribution is 5.46. The molecule has 3 N–H and O–H groups in total. The lowest BCUT2D eigenvalue weighted by atomic mass is 9.83. The smallest absolute Gasteiger partial charge is 0.127 e. The molecule has 0 bridgehead atoms. The predicted molar refractivity (Wildman–Crippen MR) is 73.9 cm³/mol. The lowest BCUT2D eigenvalue weighted by molar-refractivity contribution is -0.0902. The van der Waals surface area contributed by atoms with Gasteiger partial charge in [0.1, 0.15) is 5.75 Å². The molecular weight excluding hydrogens is 240 g/mol. The quantitative estimate of drug-likeness (QED) is 0.647. The molecule has 1 fully saturated rings. The van der Waals surface area contributed by atoms with E-state index < -0.39 is 0 Å². The molecule has 0 radical (unpaired) electrons. The van der Waals surface area contributed by atoms with Crippen LogP contribution in [-0.2, 0) is 11.2 Å². The third-order valence-electron chi connectivity index (χ3n) is 4.33. The van der Waals surface area contributed by atoms with Crippen LogP contribution in [0, 0.1) is 0 Å². The van der Waals surface area contributed by atoms with Crippen molar-refractivity contribution < 1.29 is 9.47 Å². The van der Waals surface area contributed by atoms with Crippen LogP contribution < -0.4 is 16.0 Å². The summed E-state index contributed by atoms with van der Waals surface area (Å²) in [7, 11) is 0. The van der Waals surface area contributed by atoms with Crippen LogP contribution in [0.2, 0.25) is 0 Å². The van der Waals surface area contributed by atoms with Gasteiger partial charge in [0.05, 0.1) is 18.2 Å². The van der Waals surface area contributed by atoms with Crippen LogP contribution >= 0.6 is 0 Å². The number of rotatable bonds is 3. The zero-order chi connectivity index (χ0) is 13.3. The summed E-state index contributed by atoms with van der Waals surface area (Å²) in [4.78, 5) is 0. The highest BCUT2D eigenvalue weighted by Crippen LogP contribution is 2.41. The van der Waals surface area contributed by atoms with Gasteiger partial charge < -0.3 is 9.47 Å². The van der Waals surface area contributed by atoms with E-state index >= 15 is 0 Å². The first kappa shape index (κ1) is 12.9. The second kappa shape index (κ2) is 5.12. The molecule has 2 aliphatic heterocycles. The Hall–Kier alpha value is -1.10. The molecule has 2 atom stereocenters. The maximum absolute atomic E-state index is 6.03. The van der Waals surface area contributed by atoms with Crippen molar-refractivity contribution in [2.45, 2.75) is 44.2 Å². The van der Waals surface area contributed by atoms with Crippen molar-refractivity contribution in [1.82, 2.24) is 5.43 Å². The van der Waals surface area contributed by atoms with E-state index in [0.717, 1.165) is 43.8 Å². The fourth-order valence-electron chi connectivity index (χ4n) is 3.25. The zero-order valence-electron chi connectivity index (χ0n) is 11.4. The average Bonchev–Trinajstić information content (AvgIpc) is 2.89. The highest BCUT2D eigenvalue weighted by atomic mass is 16.5. The summed E-state index contributed by atoms with van der Waals surface area (Å²) in [6.07, 6.45) is 4.32. The maximum atomic E-state index is 6.03. The van der Waals surface area contributed by atoms with E-state index in [0.29, 0.717) is 0 Å². The van der Waals surface area contributed by atoms with Gasteiger partial charge in [-0.1, -0.05) is 18.2 Å². The van der Waals surface area contributed by atoms with E-state index in [9.17, 15) is 0 Å². The molecule has 4 nitrogen and oxygen atoms in total. The second-order valence-corrected chi connectivity index (χ2v) is 5.65. The number of nitrogens with one attached hydrogen (secondary N) is 1. The summed E-state index contributed by atoms with van der Waals surface area (Å²) in [6, 6.07) is 6.28. The molecule has 0 spiro atoms. The molecule has 1 aromatic carbocycles. The molecule has 3 rings (SSSR count). The van der Waals surface area contributed by atoms with Crippen molar-refractivity contribution in [2.75, 3.05) is 13.2 Å². The monoisotopic (exact) mass is 262 g/mol. The number of hydrazine groups is 1. The van der Waals surface area contributed by atoms with E-state index in [-0.39, 0.29) is 11.6 Å².